The summed E-state index contributed by atoms with van der Waals surface area (Å²) < 4.78 is 58.6. The van der Waals surface area contributed by atoms with Crippen LogP contribution in [0.5, 0.6) is 34.5 Å². The quantitative estimate of drug-likeness (QED) is 0.0306. The number of carbonyl (C=O) groups is 1. The van der Waals surface area contributed by atoms with Gasteiger partial charge in [0.25, 0.3) is 0 Å². The molecule has 0 amide bonds. The second-order valence-electron chi connectivity index (χ2n) is 18.2. The Labute approximate surface area is 427 Å². The Kier molecular flexibility index (Phi) is 17.4. The maximum Gasteiger partial charge on any atom is 0.331 e. The van der Waals surface area contributed by atoms with E-state index < -0.39 is 200 Å². The van der Waals surface area contributed by atoms with Crippen LogP contribution in [0, 0.1) is 0 Å². The van der Waals surface area contributed by atoms with Crippen LogP contribution in [0.25, 0.3) is 28.4 Å². The van der Waals surface area contributed by atoms with E-state index in [1.54, 1.807) is 0 Å². The number of phenolic OH excluding ortho intramolecular Hbond substituents is 5. The molecule has 0 bridgehead atoms. The number of phenols is 5. The SMILES string of the molecule is C[C@H]1O[C@H](OC[C@@H]2O[C@H](Oc3c(-c4ccc(O)c(O)c4)oc4cc(O)cc(O)c4c3=O)[C@@H](OC(=O)/C=C/c3ccc(O)cc3)[C@H](O[C@H]3O[C@@H](CO)[C@H](O)[C@@H](O)[C@@H]3O)[C@H]2O)[C@@H](O)[C@@H](O[C@H]2O[C@@H](CO)[C@H](O)[C@@H](O)[C@@H]2O)[C@@H]1O. The second-order valence-corrected chi connectivity index (χ2v) is 18.2. The molecule has 0 saturated carbocycles. The molecule has 5 heterocycles. The summed E-state index contributed by atoms with van der Waals surface area (Å²) in [7, 11) is 0. The first-order valence-corrected chi connectivity index (χ1v) is 23.4. The molecular weight excluding hydrogens is 1020 g/mol. The maximum absolute atomic E-state index is 14.6. The summed E-state index contributed by atoms with van der Waals surface area (Å²) in [5.74, 6) is -5.65. The van der Waals surface area contributed by atoms with Gasteiger partial charge in [-0.1, -0.05) is 12.1 Å². The Morgan fingerprint density at radius 3 is 1.79 bits per heavy atom. The van der Waals surface area contributed by atoms with Crippen LogP contribution in [0.15, 0.2) is 69.9 Å². The summed E-state index contributed by atoms with van der Waals surface area (Å²) in [4.78, 5) is 28.5. The zero-order valence-electron chi connectivity index (χ0n) is 39.6. The number of aliphatic hydroxyl groups is 11. The highest BCUT2D eigenvalue weighted by molar-refractivity contribution is 5.89. The molecule has 8 rings (SSSR count). The van der Waals surface area contributed by atoms with Gasteiger partial charge in [-0.05, 0) is 48.9 Å². The van der Waals surface area contributed by atoms with Crippen molar-refractivity contribution in [1.82, 2.24) is 0 Å². The highest BCUT2D eigenvalue weighted by Gasteiger charge is 2.55. The molecule has 1 aromatic heterocycles. The van der Waals surface area contributed by atoms with Gasteiger partial charge in [0.2, 0.25) is 17.5 Å². The number of benzene rings is 3. The molecule has 76 heavy (non-hydrogen) atoms. The molecule has 28 nitrogen and oxygen atoms in total. The Morgan fingerprint density at radius 1 is 0.579 bits per heavy atom. The minimum Gasteiger partial charge on any atom is -0.508 e. The van der Waals surface area contributed by atoms with Gasteiger partial charge in [-0.3, -0.25) is 4.79 Å². The molecule has 4 saturated heterocycles. The number of fused-ring (bicyclic) bond motifs is 1. The lowest BCUT2D eigenvalue weighted by atomic mass is 9.96. The van der Waals surface area contributed by atoms with Crippen molar-refractivity contribution in [2.75, 3.05) is 19.8 Å². The number of rotatable bonds is 15. The van der Waals surface area contributed by atoms with Gasteiger partial charge in [0.1, 0.15) is 114 Å². The zero-order valence-corrected chi connectivity index (χ0v) is 39.6. The third kappa shape index (κ3) is 11.5. The number of hydrogen-bond donors (Lipinski definition) is 16. The zero-order chi connectivity index (χ0) is 55.0. The highest BCUT2D eigenvalue weighted by atomic mass is 16.8. The molecule has 0 unspecified atom stereocenters. The largest absolute Gasteiger partial charge is 0.508 e. The molecular formula is C48H56O28. The Bertz CT molecular complexity index is 2730. The van der Waals surface area contributed by atoms with E-state index in [0.717, 1.165) is 36.4 Å². The molecule has 0 aliphatic carbocycles. The van der Waals surface area contributed by atoms with Gasteiger partial charge in [-0.15, -0.1) is 0 Å². The van der Waals surface area contributed by atoms with Gasteiger partial charge in [-0.25, -0.2) is 4.79 Å². The number of hydrogen-bond acceptors (Lipinski definition) is 28. The molecule has 4 aromatic rings. The van der Waals surface area contributed by atoms with Crippen molar-refractivity contribution in [3.05, 3.63) is 76.5 Å². The molecule has 4 fully saturated rings. The number of ether oxygens (including phenoxy) is 9. The van der Waals surface area contributed by atoms with Crippen molar-refractivity contribution in [2.24, 2.45) is 0 Å². The number of carbonyl (C=O) groups excluding carboxylic acids is 1. The number of esters is 1. The monoisotopic (exact) mass is 1080 g/mol. The number of aliphatic hydroxyl groups excluding tert-OH is 11. The Hall–Kier alpha value is -5.84. The average molecular weight is 1080 g/mol. The van der Waals surface area contributed by atoms with Gasteiger partial charge in [-0.2, -0.15) is 0 Å². The lowest BCUT2D eigenvalue weighted by molar-refractivity contribution is -0.368. The molecule has 0 spiro atoms. The molecule has 4 aliphatic rings. The normalized spacial score (nSPS) is 36.1. The fourth-order valence-corrected chi connectivity index (χ4v) is 8.83. The van der Waals surface area contributed by atoms with Gasteiger partial charge in [0.05, 0.1) is 25.9 Å². The van der Waals surface area contributed by atoms with E-state index in [2.05, 4.69) is 0 Å². The smallest absolute Gasteiger partial charge is 0.331 e. The average Bonchev–Trinajstić information content (AvgIpc) is 3.41. The van der Waals surface area contributed by atoms with Crippen LogP contribution < -0.4 is 10.2 Å². The Balaban J connectivity index is 1.19. The van der Waals surface area contributed by atoms with Crippen molar-refractivity contribution in [3.8, 4) is 45.8 Å². The van der Waals surface area contributed by atoms with E-state index in [1.165, 1.54) is 37.3 Å². The lowest BCUT2D eigenvalue weighted by Crippen LogP contribution is -2.66. The van der Waals surface area contributed by atoms with Crippen molar-refractivity contribution in [2.45, 2.75) is 130 Å². The molecule has 0 radical (unpaired) electrons. The maximum atomic E-state index is 14.6. The lowest BCUT2D eigenvalue weighted by Gasteiger charge is -2.47. The van der Waals surface area contributed by atoms with E-state index in [-0.39, 0.29) is 11.3 Å². The van der Waals surface area contributed by atoms with Crippen molar-refractivity contribution >= 4 is 23.0 Å². The summed E-state index contributed by atoms with van der Waals surface area (Å²) in [6.07, 6.45) is -36.2. The van der Waals surface area contributed by atoms with E-state index >= 15 is 0 Å². The van der Waals surface area contributed by atoms with Crippen LogP contribution in [0.1, 0.15) is 12.5 Å². The summed E-state index contributed by atoms with van der Waals surface area (Å²) in [5, 5.41) is 169. The molecule has 16 N–H and O–H groups in total. The van der Waals surface area contributed by atoms with Crippen LogP contribution in [0.3, 0.4) is 0 Å². The topological polar surface area (TPSA) is 454 Å². The van der Waals surface area contributed by atoms with Crippen molar-refractivity contribution in [1.29, 1.82) is 0 Å². The van der Waals surface area contributed by atoms with Gasteiger partial charge in [0, 0.05) is 23.8 Å². The summed E-state index contributed by atoms with van der Waals surface area (Å²) in [5.41, 5.74) is -1.52. The first-order valence-electron chi connectivity index (χ1n) is 23.4. The van der Waals surface area contributed by atoms with Crippen LogP contribution in [-0.2, 0) is 42.7 Å². The van der Waals surface area contributed by atoms with Crippen LogP contribution in [0.4, 0.5) is 0 Å². The van der Waals surface area contributed by atoms with Crippen molar-refractivity contribution < 1.29 is 134 Å². The molecule has 4 aliphatic heterocycles. The fourth-order valence-electron chi connectivity index (χ4n) is 8.83. The van der Waals surface area contributed by atoms with E-state index in [4.69, 9.17) is 47.0 Å². The first-order chi connectivity index (χ1) is 36.1. The summed E-state index contributed by atoms with van der Waals surface area (Å²) in [6.45, 7) is -1.44. The van der Waals surface area contributed by atoms with Crippen molar-refractivity contribution in [3.63, 3.8) is 0 Å². The third-order valence-electron chi connectivity index (χ3n) is 13.1. The van der Waals surface area contributed by atoms with Crippen LogP contribution >= 0.6 is 0 Å². The minimum atomic E-state index is -2.28. The molecule has 28 heteroatoms. The fraction of sp³-hybridized carbons (Fsp3) is 0.500. The van der Waals surface area contributed by atoms with Gasteiger partial charge < -0.3 is 129 Å². The Morgan fingerprint density at radius 2 is 1.18 bits per heavy atom. The molecule has 20 atom stereocenters. The minimum absolute atomic E-state index is 0.108. The van der Waals surface area contributed by atoms with Crippen LogP contribution in [-0.4, -0.2) is 230 Å². The van der Waals surface area contributed by atoms with E-state index in [9.17, 15) is 91.3 Å². The second kappa shape index (κ2) is 23.4. The number of aromatic hydroxyl groups is 5. The molecule has 3 aromatic carbocycles. The van der Waals surface area contributed by atoms with E-state index in [0.29, 0.717) is 5.56 Å². The standard InChI is InChI=1S/C48H56O28/c1-16-30(57)41(74-46-37(64)35(62)31(58)25(13-49)70-46)39(66)45(68-16)67-15-27-33(60)42(75-47-38(65)36(63)32(59)26(14-50)71-47)44(73-28(56)9-4-17-2-6-19(51)7-3-17)48(72-27)76-43-34(61)29-23(55)11-20(52)12-24(29)69-40(43)18-5-8-21(53)22(54)10-18/h2-12,16,25-27,30-33,35-39,41-42,44-55,57-60,62-66H,13-15H2,1H3/b9-4+/t16-,25+,26+,27+,30-,31+,32+,33+,35-,36-,37+,38+,39+,41+,42-,44+,45+,46-,47-,48-/m1/s1. The summed E-state index contributed by atoms with van der Waals surface area (Å²) >= 11 is 0. The first kappa shape index (κ1) is 56.4. The van der Waals surface area contributed by atoms with Gasteiger partial charge >= 0.3 is 5.97 Å². The highest BCUT2D eigenvalue weighted by Crippen LogP contribution is 2.41. The van der Waals surface area contributed by atoms with Gasteiger partial charge in [0.15, 0.2) is 42.2 Å². The van der Waals surface area contributed by atoms with E-state index in [1.807, 2.05) is 0 Å². The predicted molar refractivity (Wildman–Crippen MR) is 246 cm³/mol. The van der Waals surface area contributed by atoms with Crippen LogP contribution in [0.2, 0.25) is 0 Å². The molecule has 416 valence electrons. The third-order valence-corrected chi connectivity index (χ3v) is 13.1. The predicted octanol–water partition coefficient (Wildman–Crippen LogP) is -4.07. The summed E-state index contributed by atoms with van der Waals surface area (Å²) in [6, 6.07) is 10.3.